The first kappa shape index (κ1) is 21.0. The standard InChI is InChI=1S/C23H28FN3O2S/c1-23(2,3)30(28,29)27-16-10-8-15(9-11-16)21-14-22-20(26-21)13-12-19(25-22)17-6-4-5-7-18(17)24/h4-7,12-16,26-27H,8-11H2,1-3H3/t15-,16-. The lowest BCUT2D eigenvalue weighted by Gasteiger charge is -2.31. The number of hydrogen-bond donors (Lipinski definition) is 2. The van der Waals surface area contributed by atoms with E-state index >= 15 is 0 Å². The van der Waals surface area contributed by atoms with Crippen LogP contribution in [0.15, 0.2) is 42.5 Å². The Morgan fingerprint density at radius 3 is 2.43 bits per heavy atom. The number of nitrogens with one attached hydrogen (secondary N) is 2. The Kier molecular flexibility index (Phi) is 5.45. The quantitative estimate of drug-likeness (QED) is 0.605. The Labute approximate surface area is 177 Å². The van der Waals surface area contributed by atoms with Crippen LogP contribution in [0.5, 0.6) is 0 Å². The van der Waals surface area contributed by atoms with E-state index in [2.05, 4.69) is 14.7 Å². The van der Waals surface area contributed by atoms with Crippen molar-refractivity contribution in [2.24, 2.45) is 0 Å². The average molecular weight is 430 g/mol. The second-order valence-electron chi connectivity index (χ2n) is 9.12. The van der Waals surface area contributed by atoms with Crippen molar-refractivity contribution in [3.63, 3.8) is 0 Å². The molecule has 1 aliphatic rings. The molecule has 0 aliphatic heterocycles. The number of pyridine rings is 1. The van der Waals surface area contributed by atoms with E-state index in [9.17, 15) is 12.8 Å². The molecule has 2 N–H and O–H groups in total. The summed E-state index contributed by atoms with van der Waals surface area (Å²) in [6.45, 7) is 5.15. The molecule has 1 aromatic carbocycles. The van der Waals surface area contributed by atoms with Gasteiger partial charge in [-0.05, 0) is 82.7 Å². The maximum absolute atomic E-state index is 14.1. The molecule has 0 radical (unpaired) electrons. The van der Waals surface area contributed by atoms with E-state index in [0.29, 0.717) is 17.2 Å². The first-order valence-electron chi connectivity index (χ1n) is 10.4. The number of aromatic nitrogens is 2. The molecular weight excluding hydrogens is 401 g/mol. The van der Waals surface area contributed by atoms with Gasteiger partial charge in [0.25, 0.3) is 0 Å². The first-order chi connectivity index (χ1) is 14.1. The minimum atomic E-state index is -3.33. The molecule has 0 atom stereocenters. The smallest absolute Gasteiger partial charge is 0.216 e. The van der Waals surface area contributed by atoms with Crippen LogP contribution in [0.1, 0.15) is 58.1 Å². The number of sulfonamides is 1. The Balaban J connectivity index is 1.48. The van der Waals surface area contributed by atoms with Crippen LogP contribution in [0.2, 0.25) is 0 Å². The SMILES string of the molecule is CC(C)(C)S(=O)(=O)N[C@H]1CC[C@H](c2cc3nc(-c4ccccc4F)ccc3[nH]2)CC1. The highest BCUT2D eigenvalue weighted by Crippen LogP contribution is 2.35. The monoisotopic (exact) mass is 429 g/mol. The van der Waals surface area contributed by atoms with Gasteiger partial charge in [0, 0.05) is 17.3 Å². The Morgan fingerprint density at radius 1 is 1.07 bits per heavy atom. The van der Waals surface area contributed by atoms with Crippen LogP contribution < -0.4 is 4.72 Å². The zero-order valence-electron chi connectivity index (χ0n) is 17.6. The van der Waals surface area contributed by atoms with E-state index in [0.717, 1.165) is 42.4 Å². The van der Waals surface area contributed by atoms with Crippen molar-refractivity contribution in [1.29, 1.82) is 0 Å². The third kappa shape index (κ3) is 4.14. The van der Waals surface area contributed by atoms with E-state index in [-0.39, 0.29) is 11.9 Å². The number of nitrogens with zero attached hydrogens (tertiary/aromatic N) is 1. The van der Waals surface area contributed by atoms with Gasteiger partial charge in [0.2, 0.25) is 10.0 Å². The largest absolute Gasteiger partial charge is 0.357 e. The molecule has 7 heteroatoms. The Hall–Kier alpha value is -2.25. The minimum Gasteiger partial charge on any atom is -0.357 e. The molecule has 0 unspecified atom stereocenters. The molecule has 0 spiro atoms. The van der Waals surface area contributed by atoms with Gasteiger partial charge in [-0.1, -0.05) is 12.1 Å². The summed E-state index contributed by atoms with van der Waals surface area (Å²) in [5.41, 5.74) is 3.97. The molecular formula is C23H28FN3O2S. The zero-order chi connectivity index (χ0) is 21.5. The molecule has 160 valence electrons. The van der Waals surface area contributed by atoms with Crippen molar-refractivity contribution >= 4 is 21.1 Å². The van der Waals surface area contributed by atoms with Gasteiger partial charge in [0.1, 0.15) is 5.82 Å². The van der Waals surface area contributed by atoms with Gasteiger partial charge in [-0.2, -0.15) is 0 Å². The minimum absolute atomic E-state index is 0.0133. The van der Waals surface area contributed by atoms with Crippen LogP contribution in [-0.4, -0.2) is 29.2 Å². The molecule has 30 heavy (non-hydrogen) atoms. The second kappa shape index (κ2) is 7.78. The number of rotatable bonds is 4. The van der Waals surface area contributed by atoms with Crippen molar-refractivity contribution in [3.05, 3.63) is 54.0 Å². The lowest BCUT2D eigenvalue weighted by molar-refractivity contribution is 0.368. The number of halogens is 1. The summed E-state index contributed by atoms with van der Waals surface area (Å²) in [6, 6.07) is 12.5. The predicted octanol–water partition coefficient (Wildman–Crippen LogP) is 5.11. The van der Waals surface area contributed by atoms with Crippen LogP contribution in [0.4, 0.5) is 4.39 Å². The van der Waals surface area contributed by atoms with Crippen LogP contribution in [0.25, 0.3) is 22.3 Å². The lowest BCUT2D eigenvalue weighted by Crippen LogP contribution is -2.45. The summed E-state index contributed by atoms with van der Waals surface area (Å²) in [5, 5.41) is 0. The molecule has 0 saturated heterocycles. The fraction of sp³-hybridized carbons (Fsp3) is 0.435. The molecule has 2 heterocycles. The third-order valence-electron chi connectivity index (χ3n) is 5.94. The van der Waals surface area contributed by atoms with Crippen molar-refractivity contribution < 1.29 is 12.8 Å². The van der Waals surface area contributed by atoms with Crippen LogP contribution >= 0.6 is 0 Å². The Bertz CT molecular complexity index is 1160. The van der Waals surface area contributed by atoms with Crippen molar-refractivity contribution in [2.45, 2.75) is 63.2 Å². The normalized spacial score (nSPS) is 20.5. The van der Waals surface area contributed by atoms with Crippen molar-refractivity contribution in [2.75, 3.05) is 0 Å². The van der Waals surface area contributed by atoms with Gasteiger partial charge in [-0.3, -0.25) is 0 Å². The van der Waals surface area contributed by atoms with E-state index < -0.39 is 14.8 Å². The predicted molar refractivity (Wildman–Crippen MR) is 118 cm³/mol. The fourth-order valence-corrected chi connectivity index (χ4v) is 5.01. The molecule has 3 aromatic rings. The maximum Gasteiger partial charge on any atom is 0.216 e. The first-order valence-corrected chi connectivity index (χ1v) is 11.9. The summed E-state index contributed by atoms with van der Waals surface area (Å²) >= 11 is 0. The molecule has 1 fully saturated rings. The number of benzene rings is 1. The number of aromatic amines is 1. The van der Waals surface area contributed by atoms with E-state index in [1.807, 2.05) is 18.2 Å². The van der Waals surface area contributed by atoms with Crippen LogP contribution in [-0.2, 0) is 10.0 Å². The number of fused-ring (bicyclic) bond motifs is 1. The zero-order valence-corrected chi connectivity index (χ0v) is 18.4. The average Bonchev–Trinajstić information content (AvgIpc) is 3.11. The van der Waals surface area contributed by atoms with Gasteiger partial charge in [-0.15, -0.1) is 0 Å². The highest BCUT2D eigenvalue weighted by Gasteiger charge is 2.33. The van der Waals surface area contributed by atoms with Crippen molar-refractivity contribution in [1.82, 2.24) is 14.7 Å². The molecule has 1 saturated carbocycles. The maximum atomic E-state index is 14.1. The summed E-state index contributed by atoms with van der Waals surface area (Å²) in [6.07, 6.45) is 3.43. The van der Waals surface area contributed by atoms with Gasteiger partial charge in [0.05, 0.1) is 21.5 Å². The molecule has 2 aromatic heterocycles. The van der Waals surface area contributed by atoms with Gasteiger partial charge >= 0.3 is 0 Å². The molecule has 1 aliphatic carbocycles. The highest BCUT2D eigenvalue weighted by molar-refractivity contribution is 7.90. The lowest BCUT2D eigenvalue weighted by atomic mass is 9.84. The van der Waals surface area contributed by atoms with E-state index in [1.54, 1.807) is 39.0 Å². The van der Waals surface area contributed by atoms with E-state index in [1.165, 1.54) is 6.07 Å². The van der Waals surface area contributed by atoms with E-state index in [4.69, 9.17) is 0 Å². The molecule has 4 rings (SSSR count). The van der Waals surface area contributed by atoms with Gasteiger partial charge in [-0.25, -0.2) is 22.5 Å². The van der Waals surface area contributed by atoms with Crippen LogP contribution in [0, 0.1) is 5.82 Å². The molecule has 5 nitrogen and oxygen atoms in total. The second-order valence-corrected chi connectivity index (χ2v) is 11.6. The van der Waals surface area contributed by atoms with Gasteiger partial charge < -0.3 is 4.98 Å². The van der Waals surface area contributed by atoms with Crippen molar-refractivity contribution in [3.8, 4) is 11.3 Å². The number of H-pyrrole nitrogens is 1. The molecule has 0 bridgehead atoms. The topological polar surface area (TPSA) is 74.8 Å². The fourth-order valence-electron chi connectivity index (χ4n) is 3.99. The number of hydrogen-bond acceptors (Lipinski definition) is 3. The van der Waals surface area contributed by atoms with Crippen LogP contribution in [0.3, 0.4) is 0 Å². The third-order valence-corrected chi connectivity index (χ3v) is 8.20. The highest BCUT2D eigenvalue weighted by atomic mass is 32.2. The summed E-state index contributed by atoms with van der Waals surface area (Å²) in [5.74, 6) is 0.0580. The summed E-state index contributed by atoms with van der Waals surface area (Å²) in [7, 11) is -3.33. The van der Waals surface area contributed by atoms with Gasteiger partial charge in [0.15, 0.2) is 0 Å². The summed E-state index contributed by atoms with van der Waals surface area (Å²) < 4.78 is 41.0. The Morgan fingerprint density at radius 2 is 1.77 bits per heavy atom. The molecule has 0 amide bonds. The summed E-state index contributed by atoms with van der Waals surface area (Å²) in [4.78, 5) is 8.10.